The Kier molecular flexibility index (Phi) is 12.3. The van der Waals surface area contributed by atoms with Crippen molar-refractivity contribution in [3.8, 4) is 17.1 Å². The Labute approximate surface area is 387 Å². The van der Waals surface area contributed by atoms with Gasteiger partial charge in [0.2, 0.25) is 5.91 Å². The van der Waals surface area contributed by atoms with Gasteiger partial charge in [-0.15, -0.1) is 0 Å². The van der Waals surface area contributed by atoms with Crippen molar-refractivity contribution in [1.82, 2.24) is 29.4 Å². The summed E-state index contributed by atoms with van der Waals surface area (Å²) in [5.74, 6) is 0.933. The molecule has 1 aliphatic carbocycles. The number of nitrogens with one attached hydrogen (secondary N) is 2. The van der Waals surface area contributed by atoms with Crippen LogP contribution in [0.2, 0.25) is 0 Å². The van der Waals surface area contributed by atoms with E-state index in [2.05, 4.69) is 105 Å². The number of benzene rings is 1. The third kappa shape index (κ3) is 8.61. The lowest BCUT2D eigenvalue weighted by Crippen LogP contribution is -2.58. The molecule has 7 heterocycles. The minimum Gasteiger partial charge on any atom is -0.478 e. The molecule has 0 spiro atoms. The van der Waals surface area contributed by atoms with E-state index in [4.69, 9.17) is 9.72 Å². The highest BCUT2D eigenvalue weighted by Crippen LogP contribution is 2.41. The van der Waals surface area contributed by atoms with Crippen molar-refractivity contribution < 1.29 is 19.4 Å². The molecular weight excluding hydrogens is 831 g/mol. The van der Waals surface area contributed by atoms with Crippen molar-refractivity contribution in [2.24, 2.45) is 5.41 Å². The van der Waals surface area contributed by atoms with Crippen molar-refractivity contribution in [1.29, 1.82) is 0 Å². The van der Waals surface area contributed by atoms with Crippen LogP contribution in [0.1, 0.15) is 93.3 Å². The van der Waals surface area contributed by atoms with Crippen LogP contribution in [0.25, 0.3) is 11.3 Å². The molecule has 4 aromatic heterocycles. The summed E-state index contributed by atoms with van der Waals surface area (Å²) in [7, 11) is 1.53. The van der Waals surface area contributed by atoms with E-state index in [0.717, 1.165) is 63.2 Å². The molecule has 0 radical (unpaired) electrons. The Morgan fingerprint density at radius 2 is 1.80 bits per heavy atom. The van der Waals surface area contributed by atoms with E-state index in [0.29, 0.717) is 76.6 Å². The number of ether oxygens (including phenoxy) is 1. The van der Waals surface area contributed by atoms with E-state index < -0.39 is 0 Å². The highest BCUT2D eigenvalue weighted by Gasteiger charge is 2.38. The van der Waals surface area contributed by atoms with Crippen LogP contribution in [0.5, 0.6) is 5.88 Å². The van der Waals surface area contributed by atoms with Crippen molar-refractivity contribution in [3.63, 3.8) is 0 Å². The molecule has 5 aromatic rings. The van der Waals surface area contributed by atoms with Gasteiger partial charge in [0.25, 0.3) is 11.8 Å². The van der Waals surface area contributed by atoms with E-state index >= 15 is 0 Å². The van der Waals surface area contributed by atoms with Crippen LogP contribution >= 0.6 is 0 Å². The largest absolute Gasteiger partial charge is 0.478 e. The number of pyridine rings is 2. The Balaban J connectivity index is 0.924. The summed E-state index contributed by atoms with van der Waals surface area (Å²) in [6.45, 7) is 21.6. The fourth-order valence-corrected chi connectivity index (χ4v) is 10.7. The van der Waals surface area contributed by atoms with Gasteiger partial charge >= 0.3 is 0 Å². The fourth-order valence-electron chi connectivity index (χ4n) is 10.7. The lowest BCUT2D eigenvalue weighted by atomic mass is 9.90. The second-order valence-corrected chi connectivity index (χ2v) is 19.5. The summed E-state index contributed by atoms with van der Waals surface area (Å²) in [5, 5.41) is 17.3. The zero-order valence-corrected chi connectivity index (χ0v) is 39.3. The number of piperidine rings is 1. The number of methoxy groups -OCH3 is 1. The highest BCUT2D eigenvalue weighted by molar-refractivity contribution is 6.06. The van der Waals surface area contributed by atoms with E-state index in [1.165, 1.54) is 30.1 Å². The van der Waals surface area contributed by atoms with Crippen LogP contribution in [0, 0.1) is 5.41 Å². The molecule has 4 aliphatic rings. The number of anilines is 6. The second-order valence-electron chi connectivity index (χ2n) is 19.5. The Bertz CT molecular complexity index is 2660. The maximum atomic E-state index is 14.1. The molecular formula is C51H63N11O4. The molecule has 346 valence electrons. The number of carbonyl (C=O) groups is 2. The first-order valence-electron chi connectivity index (χ1n) is 23.4. The first kappa shape index (κ1) is 44.9. The number of hydrogen-bond acceptors (Lipinski definition) is 12. The quantitative estimate of drug-likeness (QED) is 0.106. The molecule has 3 aliphatic heterocycles. The molecule has 0 bridgehead atoms. The van der Waals surface area contributed by atoms with Crippen molar-refractivity contribution in [2.45, 2.75) is 104 Å². The van der Waals surface area contributed by atoms with E-state index in [1.54, 1.807) is 23.4 Å². The number of aliphatic hydroxyl groups is 1. The molecule has 15 nitrogen and oxygen atoms in total. The number of fused-ring (bicyclic) bond motifs is 3. The van der Waals surface area contributed by atoms with Gasteiger partial charge in [0.1, 0.15) is 11.5 Å². The summed E-state index contributed by atoms with van der Waals surface area (Å²) in [6, 6.07) is 15.2. The van der Waals surface area contributed by atoms with Gasteiger partial charge in [0.05, 0.1) is 37.0 Å². The van der Waals surface area contributed by atoms with Gasteiger partial charge in [-0.25, -0.2) is 15.0 Å². The average Bonchev–Trinajstić information content (AvgIpc) is 3.81. The third-order valence-corrected chi connectivity index (χ3v) is 14.0. The number of rotatable bonds is 12. The lowest BCUT2D eigenvalue weighted by molar-refractivity contribution is -0.111. The van der Waals surface area contributed by atoms with E-state index in [9.17, 15) is 14.7 Å². The molecule has 2 fully saturated rings. The van der Waals surface area contributed by atoms with E-state index in [-0.39, 0.29) is 35.8 Å². The summed E-state index contributed by atoms with van der Waals surface area (Å²) < 4.78 is 7.83. The van der Waals surface area contributed by atoms with Crippen LogP contribution < -0.4 is 30.1 Å². The van der Waals surface area contributed by atoms with Crippen LogP contribution in [0.4, 0.5) is 34.4 Å². The molecule has 3 N–H and O–H groups in total. The molecule has 1 aromatic carbocycles. The number of piperazine rings is 1. The zero-order valence-electron chi connectivity index (χ0n) is 39.3. The van der Waals surface area contributed by atoms with E-state index in [1.807, 2.05) is 30.5 Å². The second kappa shape index (κ2) is 18.2. The van der Waals surface area contributed by atoms with Gasteiger partial charge < -0.3 is 34.8 Å². The Morgan fingerprint density at radius 3 is 2.55 bits per heavy atom. The van der Waals surface area contributed by atoms with Crippen molar-refractivity contribution in [2.75, 3.05) is 65.2 Å². The average molecular weight is 894 g/mol. The number of aromatic nitrogens is 5. The molecule has 2 amide bonds. The zero-order chi connectivity index (χ0) is 46.4. The molecule has 3 atom stereocenters. The number of aliphatic hydroxyl groups excluding tert-OH is 1. The van der Waals surface area contributed by atoms with Crippen LogP contribution in [-0.4, -0.2) is 104 Å². The first-order chi connectivity index (χ1) is 31.7. The van der Waals surface area contributed by atoms with Crippen molar-refractivity contribution in [3.05, 3.63) is 102 Å². The maximum Gasteiger partial charge on any atom is 0.276 e. The molecule has 66 heavy (non-hydrogen) atoms. The van der Waals surface area contributed by atoms with Gasteiger partial charge in [-0.2, -0.15) is 0 Å². The fraction of sp³-hybridized carbons (Fsp3) is 0.451. The Morgan fingerprint density at radius 1 is 0.985 bits per heavy atom. The minimum absolute atomic E-state index is 0.136. The maximum absolute atomic E-state index is 14.1. The molecule has 0 saturated carbocycles. The standard InChI is InChI=1S/C51H63N11O4/c1-9-46(64)56-41-24-35(10-11-43(41)60-19-18-58(29-33(60)5)36-14-17-59(32(4)22-36)37-12-15-52-40(25-37)31(2)3)55-47-49(66-8)54-28-42(57-47)38-13-16-53-48(39(38)30-63)62-21-20-61-44(50(62)65)23-34-26-51(6,7)27-45(34)61/h9-13,15-16,23-25,28,31-33,36,63H,1,14,17-22,26-27,29-30H2,2-8H3,(H,55,57)(H,56,64)/t32-,33+,36?/m1/s1. The van der Waals surface area contributed by atoms with Gasteiger partial charge in [0.15, 0.2) is 5.82 Å². The summed E-state index contributed by atoms with van der Waals surface area (Å²) in [4.78, 5) is 55.0. The van der Waals surface area contributed by atoms with Gasteiger partial charge in [-0.05, 0) is 105 Å². The smallest absolute Gasteiger partial charge is 0.276 e. The van der Waals surface area contributed by atoms with Crippen LogP contribution in [0.15, 0.2) is 73.7 Å². The van der Waals surface area contributed by atoms with Crippen molar-refractivity contribution >= 4 is 46.2 Å². The number of amides is 2. The lowest BCUT2D eigenvalue weighted by Gasteiger charge is -2.48. The van der Waals surface area contributed by atoms with Gasteiger partial charge in [-0.3, -0.25) is 24.4 Å². The number of hydrogen-bond donors (Lipinski definition) is 3. The highest BCUT2D eigenvalue weighted by atomic mass is 16.5. The minimum atomic E-state index is -0.366. The number of carbonyl (C=O) groups excluding carboxylic acids is 2. The molecule has 2 saturated heterocycles. The first-order valence-corrected chi connectivity index (χ1v) is 23.4. The predicted octanol–water partition coefficient (Wildman–Crippen LogP) is 7.58. The molecule has 1 unspecified atom stereocenters. The summed E-state index contributed by atoms with van der Waals surface area (Å²) in [6.07, 6.45) is 10.5. The van der Waals surface area contributed by atoms with Gasteiger partial charge in [-0.1, -0.05) is 34.3 Å². The summed E-state index contributed by atoms with van der Waals surface area (Å²) >= 11 is 0. The van der Waals surface area contributed by atoms with Crippen LogP contribution in [0.3, 0.4) is 0 Å². The monoisotopic (exact) mass is 894 g/mol. The van der Waals surface area contributed by atoms with Gasteiger partial charge in [0, 0.05) is 104 Å². The topological polar surface area (TPSA) is 157 Å². The SMILES string of the molecule is C=CC(=O)Nc1cc(Nc2nc(-c3ccnc(N4CCn5c(cc6c5CC(C)(C)C6)C4=O)c3CO)cnc2OC)ccc1N1CCN(C2CCN(c3ccnc(C(C)C)c3)[C@H](C)C2)C[C@@H]1C. The normalized spacial score (nSPS) is 20.6. The third-order valence-electron chi connectivity index (χ3n) is 14.0. The number of nitrogens with zero attached hydrogens (tertiary/aromatic N) is 9. The summed E-state index contributed by atoms with van der Waals surface area (Å²) in [5.41, 5.74) is 9.45. The molecule has 15 heteroatoms. The predicted molar refractivity (Wildman–Crippen MR) is 260 cm³/mol. The molecule has 9 rings (SSSR count). The van der Waals surface area contributed by atoms with Crippen LogP contribution in [-0.2, 0) is 30.8 Å². The Hall–Kier alpha value is -6.32.